The second-order valence-electron chi connectivity index (χ2n) is 8.62. The van der Waals surface area contributed by atoms with Gasteiger partial charge in [-0.05, 0) is 50.5 Å². The molecule has 27 heavy (non-hydrogen) atoms. The summed E-state index contributed by atoms with van der Waals surface area (Å²) in [5.41, 5.74) is 0.451. The summed E-state index contributed by atoms with van der Waals surface area (Å²) in [5, 5.41) is 0. The van der Waals surface area contributed by atoms with Crippen LogP contribution in [0.15, 0.2) is 30.3 Å². The topological polar surface area (TPSA) is 9.23 Å². The predicted molar refractivity (Wildman–Crippen MR) is 112 cm³/mol. The van der Waals surface area contributed by atoms with E-state index in [1.165, 1.54) is 19.3 Å². The number of halogens is 2. The first-order valence-corrected chi connectivity index (χ1v) is 11.5. The molecule has 0 amide bonds. The first kappa shape index (κ1) is 21.1. The monoisotopic (exact) mass is 394 g/mol. The Labute approximate surface area is 170 Å². The van der Waals surface area contributed by atoms with Crippen LogP contribution in [0.4, 0.5) is 4.39 Å². The number of alkyl halides is 2. The molecule has 0 spiro atoms. The lowest BCUT2D eigenvalue weighted by molar-refractivity contribution is -0.250. The van der Waals surface area contributed by atoms with E-state index in [1.54, 1.807) is 0 Å². The predicted octanol–water partition coefficient (Wildman–Crippen LogP) is 7.56. The fraction of sp³-hybridized carbons (Fsp3) is 0.750. The van der Waals surface area contributed by atoms with Crippen molar-refractivity contribution in [1.82, 2.24) is 0 Å². The van der Waals surface area contributed by atoms with E-state index in [0.29, 0.717) is 25.4 Å². The lowest BCUT2D eigenvalue weighted by Crippen LogP contribution is -2.67. The van der Waals surface area contributed by atoms with Crippen LogP contribution in [0.1, 0.15) is 90.0 Å². The quantitative estimate of drug-likeness (QED) is 0.433. The number of unbranched alkanes of at least 4 members (excludes halogenated alkanes) is 1. The fourth-order valence-corrected chi connectivity index (χ4v) is 6.42. The molecular weight excluding hydrogens is 359 g/mol. The lowest BCUT2D eigenvalue weighted by Gasteiger charge is -2.59. The molecule has 0 heterocycles. The van der Waals surface area contributed by atoms with E-state index in [4.69, 9.17) is 16.3 Å². The van der Waals surface area contributed by atoms with E-state index >= 15 is 4.39 Å². The maximum absolute atomic E-state index is 17.4. The molecule has 2 aliphatic carbocycles. The number of benzene rings is 1. The van der Waals surface area contributed by atoms with Gasteiger partial charge in [-0.15, -0.1) is 11.6 Å². The zero-order valence-corrected chi connectivity index (χ0v) is 17.9. The Kier molecular flexibility index (Phi) is 6.90. The molecule has 0 bridgehead atoms. The highest BCUT2D eigenvalue weighted by atomic mass is 35.5. The Hall–Kier alpha value is -0.600. The second kappa shape index (κ2) is 8.82. The molecule has 0 radical (unpaired) electrons. The summed E-state index contributed by atoms with van der Waals surface area (Å²) in [4.78, 5) is -0.940. The Morgan fingerprint density at radius 1 is 1.04 bits per heavy atom. The summed E-state index contributed by atoms with van der Waals surface area (Å²) in [6, 6.07) is 10.3. The largest absolute Gasteiger partial charge is 0.344 e. The molecule has 3 atom stereocenters. The first-order valence-electron chi connectivity index (χ1n) is 11.1. The molecule has 2 aliphatic rings. The molecule has 1 nitrogen and oxygen atoms in total. The number of ether oxygens (including phenoxy) is 1. The van der Waals surface area contributed by atoms with Gasteiger partial charge in [0.1, 0.15) is 4.87 Å². The van der Waals surface area contributed by atoms with Crippen molar-refractivity contribution in [3.8, 4) is 0 Å². The third kappa shape index (κ3) is 3.57. The maximum Gasteiger partial charge on any atom is 0.238 e. The van der Waals surface area contributed by atoms with Gasteiger partial charge in [0.25, 0.3) is 0 Å². The van der Waals surface area contributed by atoms with Crippen LogP contribution in [0.2, 0.25) is 0 Å². The van der Waals surface area contributed by atoms with E-state index < -0.39 is 16.1 Å². The van der Waals surface area contributed by atoms with Crippen LogP contribution in [0.3, 0.4) is 0 Å². The summed E-state index contributed by atoms with van der Waals surface area (Å²) in [6.07, 6.45) is 10.9. The fourth-order valence-electron chi connectivity index (χ4n) is 5.93. The van der Waals surface area contributed by atoms with Gasteiger partial charge in [0.15, 0.2) is 0 Å². The molecular formula is C24H36ClFO. The van der Waals surface area contributed by atoms with Gasteiger partial charge in [0.2, 0.25) is 5.85 Å². The molecule has 1 aromatic rings. The SMILES string of the molecule is CCCCC1(Cl)CCCC(c2ccccc2)(C2CCCCC2)C1(F)OCC. The molecule has 0 saturated heterocycles. The third-order valence-electron chi connectivity index (χ3n) is 7.16. The summed E-state index contributed by atoms with van der Waals surface area (Å²) < 4.78 is 23.5. The van der Waals surface area contributed by atoms with Crippen LogP contribution in [0.25, 0.3) is 0 Å². The van der Waals surface area contributed by atoms with Crippen molar-refractivity contribution in [2.75, 3.05) is 6.61 Å². The smallest absolute Gasteiger partial charge is 0.238 e. The van der Waals surface area contributed by atoms with Crippen LogP contribution in [0.5, 0.6) is 0 Å². The summed E-state index contributed by atoms with van der Waals surface area (Å²) in [7, 11) is 0. The maximum atomic E-state index is 17.4. The zero-order valence-electron chi connectivity index (χ0n) is 17.1. The Bertz CT molecular complexity index is 587. The summed E-state index contributed by atoms with van der Waals surface area (Å²) >= 11 is 7.19. The van der Waals surface area contributed by atoms with Gasteiger partial charge in [-0.2, -0.15) is 0 Å². The van der Waals surface area contributed by atoms with E-state index in [0.717, 1.165) is 44.1 Å². The second-order valence-corrected chi connectivity index (χ2v) is 9.35. The van der Waals surface area contributed by atoms with E-state index in [2.05, 4.69) is 19.1 Å². The highest BCUT2D eigenvalue weighted by molar-refractivity contribution is 6.25. The molecule has 1 aromatic carbocycles. The minimum Gasteiger partial charge on any atom is -0.344 e. The summed E-state index contributed by atoms with van der Waals surface area (Å²) in [6.45, 7) is 4.41. The number of rotatable bonds is 7. The Morgan fingerprint density at radius 3 is 2.37 bits per heavy atom. The molecule has 0 aliphatic heterocycles. The van der Waals surface area contributed by atoms with Crippen LogP contribution in [0, 0.1) is 5.92 Å². The molecule has 0 N–H and O–H groups in total. The van der Waals surface area contributed by atoms with Crippen LogP contribution >= 0.6 is 11.6 Å². The van der Waals surface area contributed by atoms with Crippen LogP contribution in [-0.2, 0) is 10.2 Å². The van der Waals surface area contributed by atoms with Crippen molar-refractivity contribution < 1.29 is 9.13 Å². The molecule has 152 valence electrons. The van der Waals surface area contributed by atoms with Gasteiger partial charge < -0.3 is 4.74 Å². The third-order valence-corrected chi connectivity index (χ3v) is 7.78. The van der Waals surface area contributed by atoms with Crippen molar-refractivity contribution in [1.29, 1.82) is 0 Å². The number of hydrogen-bond acceptors (Lipinski definition) is 1. The van der Waals surface area contributed by atoms with Crippen LogP contribution in [-0.4, -0.2) is 17.3 Å². The van der Waals surface area contributed by atoms with Crippen molar-refractivity contribution in [3.05, 3.63) is 35.9 Å². The zero-order chi connectivity index (χ0) is 19.4. The Morgan fingerprint density at radius 2 is 1.74 bits per heavy atom. The van der Waals surface area contributed by atoms with Gasteiger partial charge >= 0.3 is 0 Å². The Balaban J connectivity index is 2.16. The van der Waals surface area contributed by atoms with Gasteiger partial charge in [-0.3, -0.25) is 0 Å². The van der Waals surface area contributed by atoms with E-state index in [-0.39, 0.29) is 0 Å². The normalized spacial score (nSPS) is 35.3. The van der Waals surface area contributed by atoms with Crippen LogP contribution < -0.4 is 0 Å². The molecule has 0 aromatic heterocycles. The van der Waals surface area contributed by atoms with Crippen molar-refractivity contribution in [3.63, 3.8) is 0 Å². The minimum absolute atomic E-state index is 0.297. The lowest BCUT2D eigenvalue weighted by atomic mass is 9.53. The first-order chi connectivity index (χ1) is 13.0. The van der Waals surface area contributed by atoms with Gasteiger partial charge in [-0.25, -0.2) is 4.39 Å². The van der Waals surface area contributed by atoms with Crippen molar-refractivity contribution in [2.45, 2.75) is 101 Å². The molecule has 3 unspecified atom stereocenters. The molecule has 3 heteroatoms. The average molecular weight is 395 g/mol. The van der Waals surface area contributed by atoms with Gasteiger partial charge in [0, 0.05) is 6.61 Å². The van der Waals surface area contributed by atoms with Crippen molar-refractivity contribution in [2.24, 2.45) is 5.92 Å². The van der Waals surface area contributed by atoms with Crippen molar-refractivity contribution >= 4 is 11.6 Å². The molecule has 3 rings (SSSR count). The minimum atomic E-state index is -1.83. The van der Waals surface area contributed by atoms with E-state index in [9.17, 15) is 0 Å². The van der Waals surface area contributed by atoms with Gasteiger partial charge in [-0.1, -0.05) is 75.8 Å². The molecule has 2 saturated carbocycles. The number of hydrogen-bond donors (Lipinski definition) is 0. The van der Waals surface area contributed by atoms with Gasteiger partial charge in [0.05, 0.1) is 5.41 Å². The highest BCUT2D eigenvalue weighted by Crippen LogP contribution is 2.63. The standard InChI is InChI=1S/C24H36ClFO/c1-3-5-17-22(25)18-12-19-23(24(22,26)27-4-2,20-13-8-6-9-14-20)21-15-10-7-11-16-21/h6,8-9,13-14,21H,3-5,7,10-12,15-19H2,1-2H3. The summed E-state index contributed by atoms with van der Waals surface area (Å²) in [5.74, 6) is -1.53. The molecule has 2 fully saturated rings. The van der Waals surface area contributed by atoms with E-state index in [1.807, 2.05) is 25.1 Å². The average Bonchev–Trinajstić information content (AvgIpc) is 2.70. The highest BCUT2D eigenvalue weighted by Gasteiger charge is 2.69.